The number of esters is 1. The molecule has 0 spiro atoms. The molecule has 2 heterocycles. The molecule has 1 aromatic carbocycles. The first kappa shape index (κ1) is 17.2. The number of ether oxygens (including phenoxy) is 1. The van der Waals surface area contributed by atoms with Crippen molar-refractivity contribution in [2.24, 2.45) is 5.92 Å². The number of methoxy groups -OCH3 is 1. The van der Waals surface area contributed by atoms with Gasteiger partial charge in [-0.05, 0) is 49.9 Å². The van der Waals surface area contributed by atoms with Gasteiger partial charge in [-0.25, -0.2) is 9.78 Å². The zero-order chi connectivity index (χ0) is 17.8. The number of hydrogen-bond acceptors (Lipinski definition) is 4. The molecule has 1 aromatic heterocycles. The van der Waals surface area contributed by atoms with Crippen molar-refractivity contribution >= 4 is 11.9 Å². The van der Waals surface area contributed by atoms with Gasteiger partial charge < -0.3 is 14.2 Å². The minimum Gasteiger partial charge on any atom is -0.465 e. The first-order valence-corrected chi connectivity index (χ1v) is 8.54. The molecule has 0 unspecified atom stereocenters. The van der Waals surface area contributed by atoms with Gasteiger partial charge in [-0.15, -0.1) is 0 Å². The number of hydrogen-bond donors (Lipinski definition) is 0. The lowest BCUT2D eigenvalue weighted by Gasteiger charge is -2.32. The van der Waals surface area contributed by atoms with Crippen LogP contribution in [0.4, 0.5) is 0 Å². The van der Waals surface area contributed by atoms with Crippen molar-refractivity contribution < 1.29 is 14.3 Å². The van der Waals surface area contributed by atoms with Gasteiger partial charge in [0.25, 0.3) is 5.91 Å². The molecular formula is C19H23N3O3. The molecule has 1 fully saturated rings. The van der Waals surface area contributed by atoms with Crippen LogP contribution in [0.3, 0.4) is 0 Å². The van der Waals surface area contributed by atoms with E-state index < -0.39 is 5.97 Å². The van der Waals surface area contributed by atoms with Crippen molar-refractivity contribution in [1.82, 2.24) is 14.5 Å². The van der Waals surface area contributed by atoms with E-state index in [1.54, 1.807) is 24.3 Å². The summed E-state index contributed by atoms with van der Waals surface area (Å²) in [7, 11) is 1.34. The second-order valence-corrected chi connectivity index (χ2v) is 6.43. The fraction of sp³-hybridized carbons (Fsp3) is 0.421. The van der Waals surface area contributed by atoms with E-state index in [1.165, 1.54) is 7.11 Å². The zero-order valence-electron chi connectivity index (χ0n) is 14.6. The quantitative estimate of drug-likeness (QED) is 0.802. The maximum absolute atomic E-state index is 12.6. The average molecular weight is 341 g/mol. The molecular weight excluding hydrogens is 318 g/mol. The number of benzene rings is 1. The first-order chi connectivity index (χ1) is 12.1. The maximum atomic E-state index is 12.6. The predicted octanol–water partition coefficient (Wildman–Crippen LogP) is 2.53. The average Bonchev–Trinajstić information content (AvgIpc) is 3.06. The van der Waals surface area contributed by atoms with Crippen LogP contribution in [0, 0.1) is 12.8 Å². The summed E-state index contributed by atoms with van der Waals surface area (Å²) in [5, 5.41) is 0. The van der Waals surface area contributed by atoms with Gasteiger partial charge in [0, 0.05) is 37.6 Å². The molecule has 0 atom stereocenters. The first-order valence-electron chi connectivity index (χ1n) is 8.54. The van der Waals surface area contributed by atoms with Crippen molar-refractivity contribution in [3.63, 3.8) is 0 Å². The maximum Gasteiger partial charge on any atom is 0.337 e. The Balaban J connectivity index is 1.56. The molecule has 3 rings (SSSR count). The van der Waals surface area contributed by atoms with Crippen molar-refractivity contribution in [2.75, 3.05) is 20.2 Å². The minimum atomic E-state index is -0.394. The van der Waals surface area contributed by atoms with Gasteiger partial charge >= 0.3 is 5.97 Å². The zero-order valence-corrected chi connectivity index (χ0v) is 14.6. The Hall–Kier alpha value is -2.63. The Morgan fingerprint density at radius 1 is 1.16 bits per heavy atom. The highest BCUT2D eigenvalue weighted by Gasteiger charge is 2.24. The van der Waals surface area contributed by atoms with Crippen LogP contribution in [0.15, 0.2) is 36.7 Å². The largest absolute Gasteiger partial charge is 0.465 e. The topological polar surface area (TPSA) is 64.4 Å². The summed E-state index contributed by atoms with van der Waals surface area (Å²) < 4.78 is 6.85. The number of imidazole rings is 1. The summed E-state index contributed by atoms with van der Waals surface area (Å²) >= 11 is 0. The smallest absolute Gasteiger partial charge is 0.337 e. The minimum absolute atomic E-state index is 0.0219. The number of piperidine rings is 1. The standard InChI is InChI=1S/C19H23N3O3/c1-14-20-9-12-22(14)13-15-7-10-21(11-8-15)18(23)16-3-5-17(6-4-16)19(24)25-2/h3-6,9,12,15H,7-8,10-11,13H2,1-2H3. The van der Waals surface area contributed by atoms with E-state index in [0.29, 0.717) is 17.0 Å². The normalized spacial score (nSPS) is 15.2. The van der Waals surface area contributed by atoms with E-state index in [9.17, 15) is 9.59 Å². The highest BCUT2D eigenvalue weighted by atomic mass is 16.5. The van der Waals surface area contributed by atoms with Crippen LogP contribution in [0.5, 0.6) is 0 Å². The van der Waals surface area contributed by atoms with Gasteiger partial charge in [0.1, 0.15) is 5.82 Å². The van der Waals surface area contributed by atoms with Crippen LogP contribution in [-0.2, 0) is 11.3 Å². The number of aryl methyl sites for hydroxylation is 1. The van der Waals surface area contributed by atoms with Gasteiger partial charge in [-0.2, -0.15) is 0 Å². The molecule has 6 nitrogen and oxygen atoms in total. The van der Waals surface area contributed by atoms with E-state index in [1.807, 2.05) is 24.2 Å². The van der Waals surface area contributed by atoms with Crippen molar-refractivity contribution in [1.29, 1.82) is 0 Å². The molecule has 1 amide bonds. The highest BCUT2D eigenvalue weighted by Crippen LogP contribution is 2.21. The van der Waals surface area contributed by atoms with Gasteiger partial charge in [-0.3, -0.25) is 4.79 Å². The van der Waals surface area contributed by atoms with Crippen molar-refractivity contribution in [3.8, 4) is 0 Å². The Kier molecular flexibility index (Phi) is 5.16. The Morgan fingerprint density at radius 3 is 2.36 bits per heavy atom. The molecule has 0 N–H and O–H groups in total. The Labute approximate surface area is 147 Å². The second kappa shape index (κ2) is 7.51. The van der Waals surface area contributed by atoms with E-state index in [-0.39, 0.29) is 5.91 Å². The summed E-state index contributed by atoms with van der Waals surface area (Å²) in [6.07, 6.45) is 5.81. The third-order valence-electron chi connectivity index (χ3n) is 4.83. The SMILES string of the molecule is COC(=O)c1ccc(C(=O)N2CCC(Cn3ccnc3C)CC2)cc1. The molecule has 25 heavy (non-hydrogen) atoms. The summed E-state index contributed by atoms with van der Waals surface area (Å²) in [6.45, 7) is 4.49. The number of aromatic nitrogens is 2. The monoisotopic (exact) mass is 341 g/mol. The fourth-order valence-electron chi connectivity index (χ4n) is 3.24. The number of likely N-dealkylation sites (tertiary alicyclic amines) is 1. The fourth-order valence-corrected chi connectivity index (χ4v) is 3.24. The van der Waals surface area contributed by atoms with Crippen LogP contribution in [0.25, 0.3) is 0 Å². The number of nitrogens with zero attached hydrogens (tertiary/aromatic N) is 3. The molecule has 1 aliphatic rings. The van der Waals surface area contributed by atoms with Gasteiger partial charge in [0.15, 0.2) is 0 Å². The number of carbonyl (C=O) groups is 2. The Bertz CT molecular complexity index is 744. The van der Waals surface area contributed by atoms with E-state index >= 15 is 0 Å². The summed E-state index contributed by atoms with van der Waals surface area (Å²) in [5.74, 6) is 1.23. The lowest BCUT2D eigenvalue weighted by atomic mass is 9.96. The van der Waals surface area contributed by atoms with Gasteiger partial charge in [0.05, 0.1) is 12.7 Å². The molecule has 1 saturated heterocycles. The van der Waals surface area contributed by atoms with Gasteiger partial charge in [-0.1, -0.05) is 0 Å². The van der Waals surface area contributed by atoms with Crippen LogP contribution in [0.1, 0.15) is 39.4 Å². The van der Waals surface area contributed by atoms with Crippen LogP contribution in [0.2, 0.25) is 0 Å². The molecule has 1 aliphatic heterocycles. The Morgan fingerprint density at radius 2 is 1.80 bits per heavy atom. The molecule has 6 heteroatoms. The van der Waals surface area contributed by atoms with Crippen LogP contribution < -0.4 is 0 Å². The lowest BCUT2D eigenvalue weighted by Crippen LogP contribution is -2.39. The molecule has 0 aliphatic carbocycles. The molecule has 2 aromatic rings. The van der Waals surface area contributed by atoms with Gasteiger partial charge in [0.2, 0.25) is 0 Å². The molecule has 0 radical (unpaired) electrons. The van der Waals surface area contributed by atoms with Crippen LogP contribution >= 0.6 is 0 Å². The second-order valence-electron chi connectivity index (χ2n) is 6.43. The van der Waals surface area contributed by atoms with E-state index in [4.69, 9.17) is 0 Å². The number of rotatable bonds is 4. The van der Waals surface area contributed by atoms with E-state index in [2.05, 4.69) is 14.3 Å². The van der Waals surface area contributed by atoms with Crippen molar-refractivity contribution in [2.45, 2.75) is 26.3 Å². The summed E-state index contributed by atoms with van der Waals surface area (Å²) in [5.41, 5.74) is 1.06. The van der Waals surface area contributed by atoms with Crippen LogP contribution in [-0.4, -0.2) is 46.5 Å². The lowest BCUT2D eigenvalue weighted by molar-refractivity contribution is 0.0599. The van der Waals surface area contributed by atoms with E-state index in [0.717, 1.165) is 38.3 Å². The molecule has 132 valence electrons. The summed E-state index contributed by atoms with van der Waals surface area (Å²) in [4.78, 5) is 30.2. The number of amides is 1. The third-order valence-corrected chi connectivity index (χ3v) is 4.83. The summed E-state index contributed by atoms with van der Waals surface area (Å²) in [6, 6.07) is 6.65. The molecule has 0 saturated carbocycles. The predicted molar refractivity (Wildman–Crippen MR) is 93.4 cm³/mol. The number of carbonyl (C=O) groups excluding carboxylic acids is 2. The third kappa shape index (κ3) is 3.90. The highest BCUT2D eigenvalue weighted by molar-refractivity contribution is 5.96. The van der Waals surface area contributed by atoms with Crippen molar-refractivity contribution in [3.05, 3.63) is 53.6 Å². The molecule has 0 bridgehead atoms.